The van der Waals surface area contributed by atoms with Gasteiger partial charge in [0, 0.05) is 17.3 Å². The Balaban J connectivity index is 1.97. The number of hydrogen-bond acceptors (Lipinski definition) is 4. The second-order valence-electron chi connectivity index (χ2n) is 3.85. The number of nitrogen functional groups attached to an aromatic ring is 1. The first-order chi connectivity index (χ1) is 9.25. The Morgan fingerprint density at radius 3 is 2.37 bits per heavy atom. The lowest BCUT2D eigenvalue weighted by Crippen LogP contribution is -1.94. The highest BCUT2D eigenvalue weighted by Crippen LogP contribution is 2.10. The van der Waals surface area contributed by atoms with Gasteiger partial charge in [-0.3, -0.25) is 4.79 Å². The van der Waals surface area contributed by atoms with Crippen LogP contribution in [0.25, 0.3) is 0 Å². The quantitative estimate of drug-likeness (QED) is 0.389. The minimum atomic E-state index is -0.132. The van der Waals surface area contributed by atoms with Crippen LogP contribution in [0.3, 0.4) is 0 Å². The second-order valence-corrected chi connectivity index (χ2v) is 3.85. The molecule has 0 aliphatic heterocycles. The lowest BCUT2D eigenvalue weighted by atomic mass is 10.1. The number of benzene rings is 2. The molecular formula is C15H13N3O. The van der Waals surface area contributed by atoms with Crippen molar-refractivity contribution in [2.75, 3.05) is 5.73 Å². The highest BCUT2D eigenvalue weighted by molar-refractivity contribution is 6.04. The summed E-state index contributed by atoms with van der Waals surface area (Å²) < 4.78 is 0. The second kappa shape index (κ2) is 6.26. The molecule has 2 rings (SSSR count). The highest BCUT2D eigenvalue weighted by Gasteiger charge is 1.99. The zero-order chi connectivity index (χ0) is 13.5. The van der Waals surface area contributed by atoms with Gasteiger partial charge in [0.05, 0.1) is 11.9 Å². The van der Waals surface area contributed by atoms with E-state index in [0.29, 0.717) is 11.3 Å². The van der Waals surface area contributed by atoms with Gasteiger partial charge in [0.25, 0.3) is 0 Å². The van der Waals surface area contributed by atoms with E-state index in [1.54, 1.807) is 24.3 Å². The van der Waals surface area contributed by atoms with Crippen LogP contribution in [0.4, 0.5) is 11.4 Å². The maximum absolute atomic E-state index is 11.7. The summed E-state index contributed by atoms with van der Waals surface area (Å²) in [6.45, 7) is 0. The van der Waals surface area contributed by atoms with Gasteiger partial charge in [-0.05, 0) is 36.4 Å². The van der Waals surface area contributed by atoms with E-state index in [-0.39, 0.29) is 5.78 Å². The molecule has 4 heteroatoms. The normalized spacial score (nSPS) is 11.2. The van der Waals surface area contributed by atoms with Gasteiger partial charge in [0.2, 0.25) is 0 Å². The van der Waals surface area contributed by atoms with Crippen LogP contribution in [-0.2, 0) is 0 Å². The van der Waals surface area contributed by atoms with Crippen LogP contribution in [0, 0.1) is 0 Å². The lowest BCUT2D eigenvalue weighted by molar-refractivity contribution is 0.104. The molecule has 19 heavy (non-hydrogen) atoms. The molecule has 0 aliphatic rings. The van der Waals surface area contributed by atoms with Crippen molar-refractivity contribution >= 4 is 17.2 Å². The van der Waals surface area contributed by atoms with E-state index in [9.17, 15) is 4.79 Å². The molecule has 0 spiro atoms. The summed E-state index contributed by atoms with van der Waals surface area (Å²) in [5, 5.41) is 7.78. The number of rotatable bonds is 4. The molecule has 0 atom stereocenters. The summed E-state index contributed by atoms with van der Waals surface area (Å²) in [6, 6.07) is 16.0. The van der Waals surface area contributed by atoms with Crippen molar-refractivity contribution in [1.29, 1.82) is 0 Å². The van der Waals surface area contributed by atoms with E-state index in [1.807, 2.05) is 30.3 Å². The predicted octanol–water partition coefficient (Wildman–Crippen LogP) is 3.75. The van der Waals surface area contributed by atoms with E-state index in [0.717, 1.165) is 5.69 Å². The Morgan fingerprint density at radius 1 is 1.00 bits per heavy atom. The van der Waals surface area contributed by atoms with Gasteiger partial charge >= 0.3 is 0 Å². The number of nitrogens with two attached hydrogens (primary N) is 1. The largest absolute Gasteiger partial charge is 0.399 e. The molecule has 0 radical (unpaired) electrons. The molecule has 0 aromatic heterocycles. The third kappa shape index (κ3) is 3.89. The van der Waals surface area contributed by atoms with Crippen molar-refractivity contribution in [2.45, 2.75) is 0 Å². The molecular weight excluding hydrogens is 238 g/mol. The van der Waals surface area contributed by atoms with Crippen molar-refractivity contribution in [1.82, 2.24) is 0 Å². The molecule has 94 valence electrons. The maximum atomic E-state index is 11.7. The third-order valence-electron chi connectivity index (χ3n) is 2.42. The number of allylic oxidation sites excluding steroid dienone is 1. The van der Waals surface area contributed by atoms with Crippen molar-refractivity contribution in [2.24, 2.45) is 10.2 Å². The number of azo groups is 1. The molecule has 0 aliphatic carbocycles. The van der Waals surface area contributed by atoms with Crippen molar-refractivity contribution in [3.63, 3.8) is 0 Å². The van der Waals surface area contributed by atoms with E-state index in [2.05, 4.69) is 10.2 Å². The van der Waals surface area contributed by atoms with Crippen LogP contribution in [-0.4, -0.2) is 5.78 Å². The summed E-state index contributed by atoms with van der Waals surface area (Å²) >= 11 is 0. The highest BCUT2D eigenvalue weighted by atomic mass is 16.1. The SMILES string of the molecule is Nc1ccc(C(=O)C=CN=Nc2ccccc2)cc1. The minimum Gasteiger partial charge on any atom is -0.399 e. The molecule has 0 heterocycles. The number of anilines is 1. The average molecular weight is 251 g/mol. The van der Waals surface area contributed by atoms with Gasteiger partial charge < -0.3 is 5.73 Å². The molecule has 0 saturated carbocycles. The van der Waals surface area contributed by atoms with Gasteiger partial charge in [0.1, 0.15) is 0 Å². The Labute approximate surface area is 111 Å². The fourth-order valence-electron chi connectivity index (χ4n) is 1.44. The van der Waals surface area contributed by atoms with Crippen LogP contribution in [0.5, 0.6) is 0 Å². The molecule has 0 unspecified atom stereocenters. The summed E-state index contributed by atoms with van der Waals surface area (Å²) in [5.41, 5.74) is 7.49. The van der Waals surface area contributed by atoms with Crippen LogP contribution in [0.2, 0.25) is 0 Å². The Kier molecular flexibility index (Phi) is 4.18. The summed E-state index contributed by atoms with van der Waals surface area (Å²) in [4.78, 5) is 11.7. The first-order valence-corrected chi connectivity index (χ1v) is 5.78. The molecule has 0 fully saturated rings. The standard InChI is InChI=1S/C15H13N3O/c16-13-8-6-12(7-9-13)15(19)10-11-17-18-14-4-2-1-3-5-14/h1-11H,16H2. The van der Waals surface area contributed by atoms with Crippen LogP contribution < -0.4 is 5.73 Å². The van der Waals surface area contributed by atoms with Crippen LogP contribution >= 0.6 is 0 Å². The van der Waals surface area contributed by atoms with Gasteiger partial charge in [-0.25, -0.2) is 0 Å². The van der Waals surface area contributed by atoms with Crippen molar-refractivity contribution < 1.29 is 4.79 Å². The van der Waals surface area contributed by atoms with E-state index in [1.165, 1.54) is 12.3 Å². The molecule has 2 aromatic carbocycles. The maximum Gasteiger partial charge on any atom is 0.187 e. The molecule has 2 N–H and O–H groups in total. The predicted molar refractivity (Wildman–Crippen MR) is 75.3 cm³/mol. The zero-order valence-corrected chi connectivity index (χ0v) is 10.2. The molecule has 0 bridgehead atoms. The summed E-state index contributed by atoms with van der Waals surface area (Å²) in [5.74, 6) is -0.132. The number of nitrogens with zero attached hydrogens (tertiary/aromatic N) is 2. The first kappa shape index (κ1) is 12.7. The minimum absolute atomic E-state index is 0.132. The van der Waals surface area contributed by atoms with Crippen LogP contribution in [0.1, 0.15) is 10.4 Å². The zero-order valence-electron chi connectivity index (χ0n) is 10.2. The number of ketones is 1. The monoisotopic (exact) mass is 251 g/mol. The topological polar surface area (TPSA) is 67.8 Å². The number of carbonyl (C=O) groups excluding carboxylic acids is 1. The Hall–Kier alpha value is -2.75. The molecule has 0 amide bonds. The average Bonchev–Trinajstić information content (AvgIpc) is 2.45. The Morgan fingerprint density at radius 2 is 1.68 bits per heavy atom. The fourth-order valence-corrected chi connectivity index (χ4v) is 1.44. The van der Waals surface area contributed by atoms with Crippen molar-refractivity contribution in [3.05, 3.63) is 72.4 Å². The van der Waals surface area contributed by atoms with Gasteiger partial charge in [-0.1, -0.05) is 18.2 Å². The summed E-state index contributed by atoms with van der Waals surface area (Å²) in [6.07, 6.45) is 2.75. The van der Waals surface area contributed by atoms with E-state index >= 15 is 0 Å². The van der Waals surface area contributed by atoms with Crippen molar-refractivity contribution in [3.8, 4) is 0 Å². The molecule has 2 aromatic rings. The smallest absolute Gasteiger partial charge is 0.187 e. The molecule has 4 nitrogen and oxygen atoms in total. The lowest BCUT2D eigenvalue weighted by Gasteiger charge is -1.95. The number of hydrogen-bond donors (Lipinski definition) is 1. The van der Waals surface area contributed by atoms with E-state index < -0.39 is 0 Å². The van der Waals surface area contributed by atoms with Gasteiger partial charge in [-0.2, -0.15) is 10.2 Å². The number of carbonyl (C=O) groups is 1. The first-order valence-electron chi connectivity index (χ1n) is 5.78. The van der Waals surface area contributed by atoms with Gasteiger partial charge in [0.15, 0.2) is 5.78 Å². The third-order valence-corrected chi connectivity index (χ3v) is 2.42. The van der Waals surface area contributed by atoms with E-state index in [4.69, 9.17) is 5.73 Å². The Bertz CT molecular complexity index is 601. The fraction of sp³-hybridized carbons (Fsp3) is 0. The molecule has 0 saturated heterocycles. The van der Waals surface area contributed by atoms with Crippen LogP contribution in [0.15, 0.2) is 77.1 Å². The summed E-state index contributed by atoms with van der Waals surface area (Å²) in [7, 11) is 0. The van der Waals surface area contributed by atoms with Gasteiger partial charge in [-0.15, -0.1) is 0 Å².